The highest BCUT2D eigenvalue weighted by molar-refractivity contribution is 5.96. The van der Waals surface area contributed by atoms with Crippen LogP contribution in [0.3, 0.4) is 0 Å². The van der Waals surface area contributed by atoms with Crippen molar-refractivity contribution < 1.29 is 4.79 Å². The molecule has 1 fully saturated rings. The fourth-order valence-electron chi connectivity index (χ4n) is 4.42. The standard InChI is InChI=1S/C28H36N2O.C3H3N/c1-5-7-14-23(6-2)27(24-15-10-8-11-16-24)29(4)28(31)26-18-17-25(21-22(26)3)30-19-12-9-13-20-30;1-2-3-4/h6-8,10-11,14-18,21,27H,5,9,12-13,19-20H2,1-4H3;2H,1H2/b14-7-,23-6+;. The molecule has 1 aliphatic rings. The van der Waals surface area contributed by atoms with Crippen molar-refractivity contribution in [1.29, 1.82) is 5.26 Å². The first-order valence-corrected chi connectivity index (χ1v) is 12.5. The Morgan fingerprint density at radius 2 is 1.83 bits per heavy atom. The lowest BCUT2D eigenvalue weighted by molar-refractivity contribution is 0.0754. The van der Waals surface area contributed by atoms with Crippen molar-refractivity contribution in [2.75, 3.05) is 25.0 Å². The number of piperidine rings is 1. The largest absolute Gasteiger partial charge is 0.372 e. The summed E-state index contributed by atoms with van der Waals surface area (Å²) < 4.78 is 0. The SMILES string of the molecule is C/C=C(\C=C/CC)C(c1ccccc1)N(C)C(=O)c1ccc(N2CCCCC2)cc1C.C=CC#N. The molecule has 0 saturated carbocycles. The summed E-state index contributed by atoms with van der Waals surface area (Å²) in [4.78, 5) is 17.9. The van der Waals surface area contributed by atoms with Crippen LogP contribution in [0.1, 0.15) is 67.1 Å². The normalized spacial score (nSPS) is 14.5. The number of amides is 1. The van der Waals surface area contributed by atoms with Gasteiger partial charge in [-0.1, -0.05) is 62.1 Å². The highest BCUT2D eigenvalue weighted by atomic mass is 16.2. The summed E-state index contributed by atoms with van der Waals surface area (Å²) in [7, 11) is 1.92. The molecule has 1 saturated heterocycles. The lowest BCUT2D eigenvalue weighted by atomic mass is 9.95. The Labute approximate surface area is 211 Å². The molecule has 2 aromatic carbocycles. The number of rotatable bonds is 7. The molecule has 35 heavy (non-hydrogen) atoms. The van der Waals surface area contributed by atoms with Crippen molar-refractivity contribution in [1.82, 2.24) is 4.90 Å². The van der Waals surface area contributed by atoms with Gasteiger partial charge < -0.3 is 9.80 Å². The molecule has 1 amide bonds. The van der Waals surface area contributed by atoms with Gasteiger partial charge in [0.25, 0.3) is 5.91 Å². The van der Waals surface area contributed by atoms with E-state index in [1.165, 1.54) is 31.0 Å². The Kier molecular flexibility index (Phi) is 11.6. The second-order valence-electron chi connectivity index (χ2n) is 8.71. The zero-order chi connectivity index (χ0) is 25.6. The summed E-state index contributed by atoms with van der Waals surface area (Å²) in [6.07, 6.45) is 12.4. The molecular formula is C31H39N3O. The molecule has 0 aromatic heterocycles. The minimum Gasteiger partial charge on any atom is -0.372 e. The summed E-state index contributed by atoms with van der Waals surface area (Å²) in [5, 5.41) is 7.51. The maximum Gasteiger partial charge on any atom is 0.254 e. The minimum absolute atomic E-state index is 0.0563. The zero-order valence-corrected chi connectivity index (χ0v) is 21.7. The first-order valence-electron chi connectivity index (χ1n) is 12.5. The fraction of sp³-hybridized carbons (Fsp3) is 0.355. The van der Waals surface area contributed by atoms with Crippen molar-refractivity contribution >= 4 is 11.6 Å². The van der Waals surface area contributed by atoms with Gasteiger partial charge in [-0.3, -0.25) is 4.79 Å². The molecule has 0 spiro atoms. The molecule has 4 nitrogen and oxygen atoms in total. The van der Waals surface area contributed by atoms with Crippen LogP contribution in [0.15, 0.2) is 85.0 Å². The van der Waals surface area contributed by atoms with Crippen molar-refractivity contribution in [3.05, 3.63) is 102 Å². The van der Waals surface area contributed by atoms with Gasteiger partial charge in [0.2, 0.25) is 0 Å². The van der Waals surface area contributed by atoms with Gasteiger partial charge in [0, 0.05) is 37.5 Å². The molecule has 1 heterocycles. The average molecular weight is 470 g/mol. The smallest absolute Gasteiger partial charge is 0.254 e. The predicted octanol–water partition coefficient (Wildman–Crippen LogP) is 7.41. The number of likely N-dealkylation sites (N-methyl/N-ethyl adjacent to an activating group) is 1. The third kappa shape index (κ3) is 7.72. The molecule has 0 bridgehead atoms. The number of hydrogen-bond donors (Lipinski definition) is 0. The number of benzene rings is 2. The van der Waals surface area contributed by atoms with Gasteiger partial charge in [-0.05, 0) is 74.4 Å². The molecule has 1 aliphatic heterocycles. The highest BCUT2D eigenvalue weighted by Crippen LogP contribution is 2.31. The van der Waals surface area contributed by atoms with Gasteiger partial charge in [0.15, 0.2) is 0 Å². The van der Waals surface area contributed by atoms with Crippen LogP contribution in [0.4, 0.5) is 5.69 Å². The molecule has 0 N–H and O–H groups in total. The van der Waals surface area contributed by atoms with E-state index in [2.05, 4.69) is 67.8 Å². The monoisotopic (exact) mass is 469 g/mol. The maximum atomic E-state index is 13.6. The number of nitriles is 1. The second kappa shape index (κ2) is 14.6. The summed E-state index contributed by atoms with van der Waals surface area (Å²) in [5.74, 6) is 0.0563. The summed E-state index contributed by atoms with van der Waals surface area (Å²) in [5.41, 5.74) is 5.30. The molecular weight excluding hydrogens is 430 g/mol. The lowest BCUT2D eigenvalue weighted by Gasteiger charge is -2.31. The number of anilines is 1. The van der Waals surface area contributed by atoms with Gasteiger partial charge in [-0.15, -0.1) is 0 Å². The molecule has 1 unspecified atom stereocenters. The quantitative estimate of drug-likeness (QED) is 0.313. The van der Waals surface area contributed by atoms with E-state index in [1.54, 1.807) is 6.07 Å². The summed E-state index contributed by atoms with van der Waals surface area (Å²) in [6, 6.07) is 18.2. The van der Waals surface area contributed by atoms with Crippen LogP contribution >= 0.6 is 0 Å². The van der Waals surface area contributed by atoms with Crippen molar-refractivity contribution in [2.45, 2.75) is 52.5 Å². The maximum absolute atomic E-state index is 13.6. The van der Waals surface area contributed by atoms with E-state index in [4.69, 9.17) is 5.26 Å². The fourth-order valence-corrected chi connectivity index (χ4v) is 4.42. The van der Waals surface area contributed by atoms with Crippen molar-refractivity contribution in [3.63, 3.8) is 0 Å². The van der Waals surface area contributed by atoms with Crippen LogP contribution < -0.4 is 4.90 Å². The number of carbonyl (C=O) groups excluding carboxylic acids is 1. The Bertz CT molecular complexity index is 1060. The number of allylic oxidation sites excluding steroid dienone is 3. The summed E-state index contributed by atoms with van der Waals surface area (Å²) >= 11 is 0. The first-order chi connectivity index (χ1) is 17.0. The van der Waals surface area contributed by atoms with Crippen LogP contribution in [-0.4, -0.2) is 30.9 Å². The highest BCUT2D eigenvalue weighted by Gasteiger charge is 2.26. The lowest BCUT2D eigenvalue weighted by Crippen LogP contribution is -2.33. The van der Waals surface area contributed by atoms with Crippen molar-refractivity contribution in [3.8, 4) is 6.07 Å². The minimum atomic E-state index is -0.123. The van der Waals surface area contributed by atoms with E-state index in [0.29, 0.717) is 0 Å². The molecule has 4 heteroatoms. The van der Waals surface area contributed by atoms with Crippen LogP contribution in [0.5, 0.6) is 0 Å². The number of aryl methyl sites for hydroxylation is 1. The third-order valence-electron chi connectivity index (χ3n) is 6.27. The van der Waals surface area contributed by atoms with Crippen LogP contribution in [0.25, 0.3) is 0 Å². The summed E-state index contributed by atoms with van der Waals surface area (Å²) in [6.45, 7) is 11.6. The second-order valence-corrected chi connectivity index (χ2v) is 8.71. The Hall–Kier alpha value is -3.58. The Morgan fingerprint density at radius 1 is 1.17 bits per heavy atom. The van der Waals surface area contributed by atoms with Gasteiger partial charge in [0.05, 0.1) is 12.1 Å². The Balaban J connectivity index is 0.00000100. The van der Waals surface area contributed by atoms with E-state index in [-0.39, 0.29) is 11.9 Å². The van der Waals surface area contributed by atoms with Crippen LogP contribution in [0, 0.1) is 18.3 Å². The number of carbonyl (C=O) groups is 1. The zero-order valence-electron chi connectivity index (χ0n) is 21.7. The third-order valence-corrected chi connectivity index (χ3v) is 6.27. The molecule has 0 radical (unpaired) electrons. The Morgan fingerprint density at radius 3 is 2.37 bits per heavy atom. The average Bonchev–Trinajstić information content (AvgIpc) is 2.91. The molecule has 0 aliphatic carbocycles. The molecule has 3 rings (SSSR count). The molecule has 1 atom stereocenters. The molecule has 2 aromatic rings. The van der Waals surface area contributed by atoms with Crippen molar-refractivity contribution in [2.24, 2.45) is 0 Å². The van der Waals surface area contributed by atoms with E-state index >= 15 is 0 Å². The van der Waals surface area contributed by atoms with E-state index in [9.17, 15) is 4.79 Å². The van der Waals surface area contributed by atoms with E-state index in [1.807, 2.05) is 43.1 Å². The van der Waals surface area contributed by atoms with Crippen LogP contribution in [0.2, 0.25) is 0 Å². The van der Waals surface area contributed by atoms with E-state index < -0.39 is 0 Å². The molecule has 184 valence electrons. The van der Waals surface area contributed by atoms with Gasteiger partial charge >= 0.3 is 0 Å². The van der Waals surface area contributed by atoms with Gasteiger partial charge in [-0.2, -0.15) is 5.26 Å². The first kappa shape index (κ1) is 27.7. The van der Waals surface area contributed by atoms with Gasteiger partial charge in [-0.25, -0.2) is 0 Å². The topological polar surface area (TPSA) is 47.3 Å². The van der Waals surface area contributed by atoms with Crippen LogP contribution in [-0.2, 0) is 0 Å². The number of nitrogens with zero attached hydrogens (tertiary/aromatic N) is 3. The van der Waals surface area contributed by atoms with Gasteiger partial charge in [0.1, 0.15) is 0 Å². The number of hydrogen-bond acceptors (Lipinski definition) is 3. The van der Waals surface area contributed by atoms with E-state index in [0.717, 1.165) is 41.8 Å². The predicted molar refractivity (Wildman–Crippen MR) is 148 cm³/mol.